The minimum Gasteiger partial charge on any atom is -0.308 e. The molecule has 1 aliphatic heterocycles. The fourth-order valence-electron chi connectivity index (χ4n) is 2.48. The largest absolute Gasteiger partial charge is 0.308 e. The Morgan fingerprint density at radius 2 is 2.12 bits per heavy atom. The van der Waals surface area contributed by atoms with Crippen molar-refractivity contribution in [2.45, 2.75) is 13.0 Å². The molecule has 0 bridgehead atoms. The van der Waals surface area contributed by atoms with Gasteiger partial charge in [-0.25, -0.2) is 15.0 Å². The molecule has 4 nitrogen and oxygen atoms in total. The van der Waals surface area contributed by atoms with E-state index in [0.29, 0.717) is 0 Å². The van der Waals surface area contributed by atoms with Crippen LogP contribution in [0, 0.1) is 0 Å². The number of aromatic nitrogens is 4. The van der Waals surface area contributed by atoms with Crippen molar-refractivity contribution in [2.75, 3.05) is 0 Å². The number of nitrogens with zero attached hydrogens (tertiary/aromatic N) is 4. The highest BCUT2D eigenvalue weighted by Gasteiger charge is 2.20. The Kier molecular flexibility index (Phi) is 1.63. The lowest BCUT2D eigenvalue weighted by atomic mass is 10.0. The zero-order chi connectivity index (χ0) is 11.2. The summed E-state index contributed by atoms with van der Waals surface area (Å²) in [5.41, 5.74) is 4.39. The van der Waals surface area contributed by atoms with Crippen LogP contribution in [0.1, 0.15) is 5.56 Å². The second kappa shape index (κ2) is 3.13. The van der Waals surface area contributed by atoms with E-state index in [9.17, 15) is 0 Å². The van der Waals surface area contributed by atoms with Crippen LogP contribution in [0.25, 0.3) is 22.6 Å². The van der Waals surface area contributed by atoms with E-state index in [1.165, 1.54) is 11.1 Å². The van der Waals surface area contributed by atoms with Crippen molar-refractivity contribution in [3.63, 3.8) is 0 Å². The molecule has 3 aromatic rings. The van der Waals surface area contributed by atoms with Gasteiger partial charge in [0.15, 0.2) is 5.65 Å². The minimum absolute atomic E-state index is 0.874. The molecule has 0 fully saturated rings. The monoisotopic (exact) mass is 222 g/mol. The summed E-state index contributed by atoms with van der Waals surface area (Å²) >= 11 is 0. The fraction of sp³-hybridized carbons (Fsp3) is 0.154. The Bertz CT molecular complexity index is 714. The highest BCUT2D eigenvalue weighted by molar-refractivity contribution is 5.78. The second-order valence-electron chi connectivity index (χ2n) is 4.23. The number of aryl methyl sites for hydroxylation is 2. The molecule has 3 heterocycles. The van der Waals surface area contributed by atoms with Crippen molar-refractivity contribution < 1.29 is 0 Å². The van der Waals surface area contributed by atoms with E-state index >= 15 is 0 Å². The first kappa shape index (κ1) is 8.87. The highest BCUT2D eigenvalue weighted by atomic mass is 15.1. The molecule has 82 valence electrons. The van der Waals surface area contributed by atoms with Crippen molar-refractivity contribution in [2.24, 2.45) is 0 Å². The average Bonchev–Trinajstić information content (AvgIpc) is 2.78. The maximum atomic E-state index is 4.63. The van der Waals surface area contributed by atoms with E-state index in [2.05, 4.69) is 43.8 Å². The van der Waals surface area contributed by atoms with Crippen LogP contribution in [0.5, 0.6) is 0 Å². The SMILES string of the molecule is c1ccc2c(c1)CCn1c-2nc2cncnc21. The standard InChI is InChI=1S/C13H10N4/c1-2-4-10-9(3-1)5-6-17-12(10)16-11-7-14-8-15-13(11)17/h1-4,7-8H,5-6H2. The number of hydrogen-bond acceptors (Lipinski definition) is 3. The maximum absolute atomic E-state index is 4.63. The summed E-state index contributed by atoms with van der Waals surface area (Å²) in [5, 5.41) is 0. The zero-order valence-electron chi connectivity index (χ0n) is 9.17. The second-order valence-corrected chi connectivity index (χ2v) is 4.23. The summed E-state index contributed by atoms with van der Waals surface area (Å²) in [4.78, 5) is 13.0. The van der Waals surface area contributed by atoms with Crippen LogP contribution in [0.4, 0.5) is 0 Å². The van der Waals surface area contributed by atoms with Crippen molar-refractivity contribution in [1.82, 2.24) is 19.5 Å². The number of fused-ring (bicyclic) bond motifs is 5. The van der Waals surface area contributed by atoms with Crippen LogP contribution < -0.4 is 0 Å². The molecule has 0 N–H and O–H groups in total. The summed E-state index contributed by atoms with van der Waals surface area (Å²) in [6.45, 7) is 0.944. The van der Waals surface area contributed by atoms with Crippen molar-refractivity contribution in [1.29, 1.82) is 0 Å². The molecule has 17 heavy (non-hydrogen) atoms. The predicted molar refractivity (Wildman–Crippen MR) is 64.5 cm³/mol. The molecule has 4 rings (SSSR count). The van der Waals surface area contributed by atoms with Gasteiger partial charge in [0.25, 0.3) is 0 Å². The first-order valence-corrected chi connectivity index (χ1v) is 5.68. The van der Waals surface area contributed by atoms with Crippen molar-refractivity contribution in [3.05, 3.63) is 42.4 Å². The van der Waals surface area contributed by atoms with Crippen LogP contribution in [0.2, 0.25) is 0 Å². The smallest absolute Gasteiger partial charge is 0.163 e. The number of hydrogen-bond donors (Lipinski definition) is 0. The average molecular weight is 222 g/mol. The normalized spacial score (nSPS) is 13.4. The summed E-state index contributed by atoms with van der Waals surface area (Å²) < 4.78 is 2.18. The van der Waals surface area contributed by atoms with Crippen LogP contribution >= 0.6 is 0 Å². The molecule has 1 aliphatic rings. The first-order valence-electron chi connectivity index (χ1n) is 5.68. The molecule has 1 aromatic carbocycles. The Hall–Kier alpha value is -2.23. The molecule has 4 heteroatoms. The van der Waals surface area contributed by atoms with Gasteiger partial charge in [-0.2, -0.15) is 0 Å². The van der Waals surface area contributed by atoms with Gasteiger partial charge in [-0.3, -0.25) is 0 Å². The molecule has 0 atom stereocenters. The molecular weight excluding hydrogens is 212 g/mol. The summed E-state index contributed by atoms with van der Waals surface area (Å²) in [5.74, 6) is 1.02. The Balaban J connectivity index is 2.10. The van der Waals surface area contributed by atoms with Crippen LogP contribution in [-0.2, 0) is 13.0 Å². The number of rotatable bonds is 0. The molecule has 2 aromatic heterocycles. The van der Waals surface area contributed by atoms with Gasteiger partial charge in [-0.1, -0.05) is 24.3 Å². The molecule has 0 saturated heterocycles. The van der Waals surface area contributed by atoms with Gasteiger partial charge in [0.2, 0.25) is 0 Å². The molecule has 0 amide bonds. The summed E-state index contributed by atoms with van der Waals surface area (Å²) in [6.07, 6.45) is 4.40. The third-order valence-electron chi connectivity index (χ3n) is 3.27. The van der Waals surface area contributed by atoms with Crippen molar-refractivity contribution in [3.8, 4) is 11.4 Å². The maximum Gasteiger partial charge on any atom is 0.163 e. The van der Waals surface area contributed by atoms with E-state index in [0.717, 1.165) is 30.0 Å². The van der Waals surface area contributed by atoms with Gasteiger partial charge in [-0.15, -0.1) is 0 Å². The van der Waals surface area contributed by atoms with E-state index in [1.807, 2.05) is 0 Å². The Morgan fingerprint density at radius 3 is 3.12 bits per heavy atom. The van der Waals surface area contributed by atoms with E-state index < -0.39 is 0 Å². The van der Waals surface area contributed by atoms with Gasteiger partial charge in [0, 0.05) is 12.1 Å². The zero-order valence-corrected chi connectivity index (χ0v) is 9.17. The number of imidazole rings is 1. The summed E-state index contributed by atoms with van der Waals surface area (Å²) in [6, 6.07) is 8.43. The lowest BCUT2D eigenvalue weighted by molar-refractivity contribution is 0.696. The van der Waals surface area contributed by atoms with Crippen LogP contribution in [0.3, 0.4) is 0 Å². The molecule has 0 aliphatic carbocycles. The third-order valence-corrected chi connectivity index (χ3v) is 3.27. The van der Waals surface area contributed by atoms with Gasteiger partial charge in [0.1, 0.15) is 17.7 Å². The quantitative estimate of drug-likeness (QED) is 0.584. The number of benzene rings is 1. The van der Waals surface area contributed by atoms with E-state index in [4.69, 9.17) is 0 Å². The summed E-state index contributed by atoms with van der Waals surface area (Å²) in [7, 11) is 0. The van der Waals surface area contributed by atoms with E-state index in [1.54, 1.807) is 12.5 Å². The van der Waals surface area contributed by atoms with Crippen LogP contribution in [-0.4, -0.2) is 19.5 Å². The van der Waals surface area contributed by atoms with E-state index in [-0.39, 0.29) is 0 Å². The Morgan fingerprint density at radius 1 is 1.18 bits per heavy atom. The molecule has 0 saturated carbocycles. The van der Waals surface area contributed by atoms with Gasteiger partial charge in [-0.05, 0) is 12.0 Å². The van der Waals surface area contributed by atoms with Gasteiger partial charge >= 0.3 is 0 Å². The molecule has 0 spiro atoms. The molecular formula is C13H10N4. The topological polar surface area (TPSA) is 43.6 Å². The fourth-order valence-corrected chi connectivity index (χ4v) is 2.48. The highest BCUT2D eigenvalue weighted by Crippen LogP contribution is 2.30. The van der Waals surface area contributed by atoms with Crippen LogP contribution in [0.15, 0.2) is 36.8 Å². The van der Waals surface area contributed by atoms with Crippen molar-refractivity contribution >= 4 is 11.2 Å². The molecule has 0 unspecified atom stereocenters. The lowest BCUT2D eigenvalue weighted by Crippen LogP contribution is -2.11. The van der Waals surface area contributed by atoms with Gasteiger partial charge < -0.3 is 4.57 Å². The predicted octanol–water partition coefficient (Wildman–Crippen LogP) is 2.05. The third kappa shape index (κ3) is 1.15. The molecule has 0 radical (unpaired) electrons. The first-order chi connectivity index (χ1) is 8.43. The lowest BCUT2D eigenvalue weighted by Gasteiger charge is -2.17. The Labute approximate surface area is 98.0 Å². The van der Waals surface area contributed by atoms with Gasteiger partial charge in [0.05, 0.1) is 6.20 Å². The minimum atomic E-state index is 0.874.